The van der Waals surface area contributed by atoms with Crippen molar-refractivity contribution >= 4 is 27.7 Å². The number of alkyl halides is 3. The Morgan fingerprint density at radius 2 is 1.86 bits per heavy atom. The third-order valence-corrected chi connectivity index (χ3v) is 3.60. The van der Waals surface area contributed by atoms with E-state index in [1.807, 2.05) is 12.1 Å². The molecule has 4 heteroatoms. The lowest BCUT2D eigenvalue weighted by Crippen LogP contribution is -1.93. The standard InChI is InChI=1S/C10H11BrF2S/c1-7(6-11)8-2-4-9(5-3-8)14-10(12)13/h2-5,7,10H,6H2,1H3. The van der Waals surface area contributed by atoms with Gasteiger partial charge in [-0.3, -0.25) is 0 Å². The van der Waals surface area contributed by atoms with E-state index in [9.17, 15) is 8.78 Å². The van der Waals surface area contributed by atoms with Crippen LogP contribution in [0, 0.1) is 0 Å². The van der Waals surface area contributed by atoms with Crippen LogP contribution in [0.1, 0.15) is 18.4 Å². The molecule has 0 fully saturated rings. The first kappa shape index (κ1) is 12.0. The zero-order valence-electron chi connectivity index (χ0n) is 7.71. The SMILES string of the molecule is CC(CBr)c1ccc(SC(F)F)cc1. The van der Waals surface area contributed by atoms with Gasteiger partial charge in [-0.15, -0.1) is 0 Å². The number of halogens is 3. The molecule has 0 spiro atoms. The maximum Gasteiger partial charge on any atom is 0.288 e. The third-order valence-electron chi connectivity index (χ3n) is 1.91. The first-order valence-corrected chi connectivity index (χ1v) is 6.24. The van der Waals surface area contributed by atoms with Crippen molar-refractivity contribution in [1.29, 1.82) is 0 Å². The molecule has 14 heavy (non-hydrogen) atoms. The molecule has 0 amide bonds. The Morgan fingerprint density at radius 1 is 1.29 bits per heavy atom. The van der Waals surface area contributed by atoms with Gasteiger partial charge in [0.25, 0.3) is 5.76 Å². The first-order valence-electron chi connectivity index (χ1n) is 4.24. The molecule has 0 aliphatic heterocycles. The molecule has 0 saturated heterocycles. The van der Waals surface area contributed by atoms with E-state index in [1.54, 1.807) is 12.1 Å². The van der Waals surface area contributed by atoms with Crippen LogP contribution in [0.15, 0.2) is 29.2 Å². The maximum absolute atomic E-state index is 12.0. The third kappa shape index (κ3) is 3.58. The minimum Gasteiger partial charge on any atom is -0.198 e. The normalized spacial score (nSPS) is 13.2. The number of hydrogen-bond acceptors (Lipinski definition) is 1. The van der Waals surface area contributed by atoms with Gasteiger partial charge in [-0.2, -0.15) is 8.78 Å². The summed E-state index contributed by atoms with van der Waals surface area (Å²) in [5, 5.41) is 0.883. The zero-order chi connectivity index (χ0) is 10.6. The van der Waals surface area contributed by atoms with Crippen LogP contribution in [0.3, 0.4) is 0 Å². The van der Waals surface area contributed by atoms with Gasteiger partial charge in [-0.1, -0.05) is 46.7 Å². The Hall–Kier alpha value is -0.0900. The van der Waals surface area contributed by atoms with Gasteiger partial charge < -0.3 is 0 Å². The summed E-state index contributed by atoms with van der Waals surface area (Å²) in [6.45, 7) is 2.09. The minimum absolute atomic E-state index is 0.417. The van der Waals surface area contributed by atoms with Gasteiger partial charge in [0.2, 0.25) is 0 Å². The summed E-state index contributed by atoms with van der Waals surface area (Å²) in [6.07, 6.45) is 0. The van der Waals surface area contributed by atoms with Crippen molar-refractivity contribution in [1.82, 2.24) is 0 Å². The van der Waals surface area contributed by atoms with Crippen LogP contribution in [0.5, 0.6) is 0 Å². The van der Waals surface area contributed by atoms with Gasteiger partial charge >= 0.3 is 0 Å². The summed E-state index contributed by atoms with van der Waals surface area (Å²) in [6, 6.07) is 7.28. The summed E-state index contributed by atoms with van der Waals surface area (Å²) >= 11 is 3.97. The average molecular weight is 281 g/mol. The largest absolute Gasteiger partial charge is 0.288 e. The number of hydrogen-bond donors (Lipinski definition) is 0. The van der Waals surface area contributed by atoms with Crippen molar-refractivity contribution in [2.45, 2.75) is 23.5 Å². The van der Waals surface area contributed by atoms with E-state index >= 15 is 0 Å². The Bertz CT molecular complexity index is 274. The predicted molar refractivity (Wildman–Crippen MR) is 60.5 cm³/mol. The summed E-state index contributed by atoms with van der Waals surface area (Å²) in [5.74, 6) is -1.92. The van der Waals surface area contributed by atoms with Crippen LogP contribution in [-0.4, -0.2) is 11.1 Å². The van der Waals surface area contributed by atoms with Gasteiger partial charge in [0.15, 0.2) is 0 Å². The Balaban J connectivity index is 2.68. The highest BCUT2D eigenvalue weighted by Crippen LogP contribution is 2.27. The number of rotatable bonds is 4. The lowest BCUT2D eigenvalue weighted by Gasteiger charge is -2.08. The molecule has 0 bridgehead atoms. The van der Waals surface area contributed by atoms with Gasteiger partial charge in [0, 0.05) is 10.2 Å². The molecule has 0 N–H and O–H groups in total. The van der Waals surface area contributed by atoms with E-state index in [1.165, 1.54) is 5.56 Å². The average Bonchev–Trinajstić information content (AvgIpc) is 2.17. The van der Waals surface area contributed by atoms with Crippen LogP contribution in [-0.2, 0) is 0 Å². The van der Waals surface area contributed by atoms with Crippen LogP contribution >= 0.6 is 27.7 Å². The molecule has 1 atom stereocenters. The predicted octanol–water partition coefficient (Wildman–Crippen LogP) is 4.50. The second-order valence-electron chi connectivity index (χ2n) is 3.00. The molecule has 0 radical (unpaired) electrons. The summed E-state index contributed by atoms with van der Waals surface area (Å²) in [7, 11) is 0. The molecule has 0 aliphatic carbocycles. The number of benzene rings is 1. The van der Waals surface area contributed by atoms with Crippen molar-refractivity contribution in [3.63, 3.8) is 0 Å². The second kappa shape index (κ2) is 5.71. The summed E-state index contributed by atoms with van der Waals surface area (Å²) in [5.41, 5.74) is 1.17. The smallest absolute Gasteiger partial charge is 0.198 e. The minimum atomic E-state index is -2.34. The fraction of sp³-hybridized carbons (Fsp3) is 0.400. The molecular weight excluding hydrogens is 270 g/mol. The molecule has 0 saturated carbocycles. The van der Waals surface area contributed by atoms with Crippen LogP contribution in [0.2, 0.25) is 0 Å². The Labute approximate surface area is 95.2 Å². The van der Waals surface area contributed by atoms with Gasteiger partial charge in [-0.25, -0.2) is 0 Å². The fourth-order valence-electron chi connectivity index (χ4n) is 1.07. The van der Waals surface area contributed by atoms with Crippen LogP contribution in [0.25, 0.3) is 0 Å². The van der Waals surface area contributed by atoms with Crippen molar-refractivity contribution in [3.8, 4) is 0 Å². The summed E-state index contributed by atoms with van der Waals surface area (Å²) in [4.78, 5) is 0.616. The van der Waals surface area contributed by atoms with E-state index in [0.717, 1.165) is 5.33 Å². The van der Waals surface area contributed by atoms with Crippen molar-refractivity contribution in [2.75, 3.05) is 5.33 Å². The summed E-state index contributed by atoms with van der Waals surface area (Å²) < 4.78 is 24.0. The molecule has 0 heterocycles. The van der Waals surface area contributed by atoms with E-state index in [0.29, 0.717) is 22.6 Å². The molecule has 1 rings (SSSR count). The number of thioether (sulfide) groups is 1. The molecular formula is C10H11BrF2S. The van der Waals surface area contributed by atoms with Crippen molar-refractivity contribution in [3.05, 3.63) is 29.8 Å². The monoisotopic (exact) mass is 280 g/mol. The molecule has 1 aromatic rings. The lowest BCUT2D eigenvalue weighted by molar-refractivity contribution is 0.252. The van der Waals surface area contributed by atoms with Crippen LogP contribution < -0.4 is 0 Å². The molecule has 0 aliphatic rings. The second-order valence-corrected chi connectivity index (χ2v) is 4.71. The van der Waals surface area contributed by atoms with Gasteiger partial charge in [0.05, 0.1) is 0 Å². The zero-order valence-corrected chi connectivity index (χ0v) is 10.1. The highest BCUT2D eigenvalue weighted by molar-refractivity contribution is 9.09. The van der Waals surface area contributed by atoms with Gasteiger partial charge in [0.1, 0.15) is 0 Å². The molecule has 0 nitrogen and oxygen atoms in total. The van der Waals surface area contributed by atoms with E-state index in [4.69, 9.17) is 0 Å². The fourth-order valence-corrected chi connectivity index (χ4v) is 1.94. The Kier molecular flexibility index (Phi) is 4.89. The Morgan fingerprint density at radius 3 is 2.29 bits per heavy atom. The molecule has 0 aromatic heterocycles. The lowest BCUT2D eigenvalue weighted by atomic mass is 10.0. The maximum atomic E-state index is 12.0. The molecule has 78 valence electrons. The van der Waals surface area contributed by atoms with Crippen molar-refractivity contribution < 1.29 is 8.78 Å². The van der Waals surface area contributed by atoms with Crippen molar-refractivity contribution in [2.24, 2.45) is 0 Å². The highest BCUT2D eigenvalue weighted by atomic mass is 79.9. The topological polar surface area (TPSA) is 0 Å². The van der Waals surface area contributed by atoms with Gasteiger partial charge in [-0.05, 0) is 23.6 Å². The quantitative estimate of drug-likeness (QED) is 0.578. The first-order chi connectivity index (χ1) is 6.63. The van der Waals surface area contributed by atoms with E-state index < -0.39 is 5.76 Å². The molecule has 1 aromatic carbocycles. The van der Waals surface area contributed by atoms with E-state index in [-0.39, 0.29) is 0 Å². The molecule has 1 unspecified atom stereocenters. The van der Waals surface area contributed by atoms with E-state index in [2.05, 4.69) is 22.9 Å². The highest BCUT2D eigenvalue weighted by Gasteiger charge is 2.06. The van der Waals surface area contributed by atoms with Crippen LogP contribution in [0.4, 0.5) is 8.78 Å².